The summed E-state index contributed by atoms with van der Waals surface area (Å²) in [5.74, 6) is 2.04. The first kappa shape index (κ1) is 26.2. The quantitative estimate of drug-likeness (QED) is 0.392. The van der Waals surface area contributed by atoms with E-state index in [9.17, 15) is 4.39 Å². The second kappa shape index (κ2) is 10.6. The molecule has 6 rings (SSSR count). The second-order valence-corrected chi connectivity index (χ2v) is 9.71. The monoisotopic (exact) mass is 513 g/mol. The van der Waals surface area contributed by atoms with E-state index in [0.717, 1.165) is 71.4 Å². The summed E-state index contributed by atoms with van der Waals surface area (Å²) in [6, 6.07) is 13.2. The fraction of sp³-hybridized carbons (Fsp3) is 0.393. The van der Waals surface area contributed by atoms with Crippen molar-refractivity contribution in [3.05, 3.63) is 65.2 Å². The molecule has 2 aromatic carbocycles. The minimum Gasteiger partial charge on any atom is -0.486 e. The summed E-state index contributed by atoms with van der Waals surface area (Å²) >= 11 is 0. The van der Waals surface area contributed by atoms with Gasteiger partial charge in [-0.15, -0.1) is 12.4 Å². The Balaban J connectivity index is 0.00000152. The van der Waals surface area contributed by atoms with Crippen molar-refractivity contribution in [2.24, 2.45) is 13.0 Å². The van der Waals surface area contributed by atoms with Gasteiger partial charge in [-0.25, -0.2) is 4.39 Å². The molecule has 2 atom stereocenters. The summed E-state index contributed by atoms with van der Waals surface area (Å²) in [5, 5.41) is 5.66. The third-order valence-electron chi connectivity index (χ3n) is 7.42. The molecule has 0 unspecified atom stereocenters. The molecule has 0 saturated carbocycles. The molecule has 36 heavy (non-hydrogen) atoms. The van der Waals surface area contributed by atoms with Crippen LogP contribution in [-0.2, 0) is 19.9 Å². The van der Waals surface area contributed by atoms with Crippen molar-refractivity contribution in [1.82, 2.24) is 14.9 Å². The van der Waals surface area contributed by atoms with Crippen LogP contribution in [0.5, 0.6) is 11.5 Å². The van der Waals surface area contributed by atoms with E-state index in [1.807, 2.05) is 31.2 Å². The molecule has 0 amide bonds. The van der Waals surface area contributed by atoms with E-state index in [2.05, 4.69) is 28.0 Å². The molecule has 0 radical (unpaired) electrons. The number of fused-ring (bicyclic) bond motifs is 6. The Labute approximate surface area is 216 Å². The predicted octanol–water partition coefficient (Wildman–Crippen LogP) is 4.70. The number of benzene rings is 2. The molecule has 3 N–H and O–H groups in total. The maximum atomic E-state index is 13.9. The number of halogens is 2. The van der Waals surface area contributed by atoms with Gasteiger partial charge in [-0.05, 0) is 93.1 Å². The fourth-order valence-electron chi connectivity index (χ4n) is 5.62. The lowest BCUT2D eigenvalue weighted by atomic mass is 9.84. The number of pyridine rings is 1. The first-order valence-electron chi connectivity index (χ1n) is 12.2. The summed E-state index contributed by atoms with van der Waals surface area (Å²) in [6.45, 7) is 4.21. The first-order chi connectivity index (χ1) is 16.6. The molecule has 1 aliphatic carbocycles. The molecule has 1 aliphatic heterocycles. The molecule has 0 bridgehead atoms. The van der Waals surface area contributed by atoms with Crippen LogP contribution < -0.4 is 14.8 Å². The zero-order valence-corrected chi connectivity index (χ0v) is 21.5. The molecule has 8 heteroatoms. The van der Waals surface area contributed by atoms with Crippen molar-refractivity contribution >= 4 is 34.2 Å². The van der Waals surface area contributed by atoms with Crippen LogP contribution in [0.4, 0.5) is 4.39 Å². The molecule has 0 fully saturated rings. The van der Waals surface area contributed by atoms with Crippen LogP contribution in [0.15, 0.2) is 42.5 Å². The minimum absolute atomic E-state index is 0. The van der Waals surface area contributed by atoms with Gasteiger partial charge in [0.1, 0.15) is 18.5 Å². The largest absolute Gasteiger partial charge is 0.486 e. The average Bonchev–Trinajstić information content (AvgIpc) is 3.12. The van der Waals surface area contributed by atoms with Crippen LogP contribution in [0.3, 0.4) is 0 Å². The van der Waals surface area contributed by atoms with Crippen molar-refractivity contribution in [3.63, 3.8) is 0 Å². The number of nitrogens with one attached hydrogen (secondary N) is 1. The number of rotatable bonds is 5. The molecule has 0 saturated heterocycles. The van der Waals surface area contributed by atoms with Gasteiger partial charge in [0, 0.05) is 41.3 Å². The highest BCUT2D eigenvalue weighted by Crippen LogP contribution is 2.38. The highest BCUT2D eigenvalue weighted by atomic mass is 35.5. The topological polar surface area (TPSA) is 79.8 Å². The number of aryl methyl sites for hydroxylation is 2. The summed E-state index contributed by atoms with van der Waals surface area (Å²) < 4.78 is 28.4. The zero-order chi connectivity index (χ0) is 23.2. The summed E-state index contributed by atoms with van der Waals surface area (Å²) in [6.07, 6.45) is 4.33. The summed E-state index contributed by atoms with van der Waals surface area (Å²) in [7, 11) is 2.10. The SMILES string of the molecule is Cc1ccc2c3c(ccc2n1)OC[C@H](CNCC[C@@H]1CCc2c(c4cc(F)ccc4n2C)C1)O3.Cl.O. The average molecular weight is 514 g/mol. The van der Waals surface area contributed by atoms with Gasteiger partial charge in [-0.2, -0.15) is 0 Å². The smallest absolute Gasteiger partial charge is 0.171 e. The molecule has 6 nitrogen and oxygen atoms in total. The number of hydrogen-bond donors (Lipinski definition) is 1. The van der Waals surface area contributed by atoms with Crippen LogP contribution in [-0.4, -0.2) is 40.8 Å². The third kappa shape index (κ3) is 4.75. The standard InChI is InChI=1S/C28H30FN3O2.ClH.H2O/c1-17-3-6-21-24(31-17)7-10-27-28(21)34-20(16-33-27)15-30-12-11-18-4-8-25-22(13-18)23-14-19(29)5-9-26(23)32(25)2;;/h3,5-7,9-10,14,18,20,30H,4,8,11-13,15-16H2,1-2H3;1H;1H2/t18-,20-;;/m0../s1. The minimum atomic E-state index is -0.153. The Bertz CT molecular complexity index is 1390. The van der Waals surface area contributed by atoms with Crippen molar-refractivity contribution in [1.29, 1.82) is 0 Å². The molecule has 2 aliphatic rings. The van der Waals surface area contributed by atoms with Crippen molar-refractivity contribution in [2.75, 3.05) is 19.7 Å². The molecule has 4 aromatic rings. The lowest BCUT2D eigenvalue weighted by Crippen LogP contribution is -2.39. The first-order valence-corrected chi connectivity index (χ1v) is 12.2. The Morgan fingerprint density at radius 2 is 2.00 bits per heavy atom. The lowest BCUT2D eigenvalue weighted by molar-refractivity contribution is 0.0922. The third-order valence-corrected chi connectivity index (χ3v) is 7.42. The Morgan fingerprint density at radius 1 is 1.14 bits per heavy atom. The van der Waals surface area contributed by atoms with E-state index in [4.69, 9.17) is 9.47 Å². The van der Waals surface area contributed by atoms with E-state index in [-0.39, 0.29) is 29.8 Å². The highest BCUT2D eigenvalue weighted by molar-refractivity contribution is 5.88. The molecule has 0 spiro atoms. The number of hydrogen-bond acceptors (Lipinski definition) is 4. The van der Waals surface area contributed by atoms with Gasteiger partial charge >= 0.3 is 0 Å². The Hall–Kier alpha value is -2.87. The molecular formula is C28H33ClFN3O3. The second-order valence-electron chi connectivity index (χ2n) is 9.71. The van der Waals surface area contributed by atoms with Crippen LogP contribution in [0, 0.1) is 18.7 Å². The lowest BCUT2D eigenvalue weighted by Gasteiger charge is -2.28. The van der Waals surface area contributed by atoms with Gasteiger partial charge in [0.2, 0.25) is 0 Å². The number of nitrogens with zero attached hydrogens (tertiary/aromatic N) is 2. The maximum Gasteiger partial charge on any atom is 0.171 e. The van der Waals surface area contributed by atoms with Crippen molar-refractivity contribution in [2.45, 2.75) is 38.7 Å². The van der Waals surface area contributed by atoms with Gasteiger partial charge in [-0.1, -0.05) is 0 Å². The van der Waals surface area contributed by atoms with E-state index in [1.54, 1.807) is 12.1 Å². The zero-order valence-electron chi connectivity index (χ0n) is 20.6. The van der Waals surface area contributed by atoms with Gasteiger partial charge in [-0.3, -0.25) is 4.98 Å². The molecule has 3 heterocycles. The molecular weight excluding hydrogens is 481 g/mol. The summed E-state index contributed by atoms with van der Waals surface area (Å²) in [5.41, 5.74) is 5.77. The van der Waals surface area contributed by atoms with Crippen molar-refractivity contribution < 1.29 is 19.3 Å². The van der Waals surface area contributed by atoms with Gasteiger partial charge in [0.05, 0.1) is 5.52 Å². The molecule has 192 valence electrons. The van der Waals surface area contributed by atoms with Gasteiger partial charge in [0.25, 0.3) is 0 Å². The highest BCUT2D eigenvalue weighted by Gasteiger charge is 2.26. The van der Waals surface area contributed by atoms with Gasteiger partial charge in [0.15, 0.2) is 11.5 Å². The molecule has 2 aromatic heterocycles. The number of ether oxygens (including phenoxy) is 2. The normalized spacial score (nSPS) is 18.4. The van der Waals surface area contributed by atoms with Gasteiger partial charge < -0.3 is 24.8 Å². The van der Waals surface area contributed by atoms with Crippen LogP contribution in [0.25, 0.3) is 21.8 Å². The van der Waals surface area contributed by atoms with E-state index >= 15 is 0 Å². The van der Waals surface area contributed by atoms with Crippen LogP contribution in [0.1, 0.15) is 29.8 Å². The van der Waals surface area contributed by atoms with E-state index in [0.29, 0.717) is 12.5 Å². The summed E-state index contributed by atoms with van der Waals surface area (Å²) in [4.78, 5) is 4.60. The van der Waals surface area contributed by atoms with Crippen molar-refractivity contribution in [3.8, 4) is 11.5 Å². The van der Waals surface area contributed by atoms with Crippen LogP contribution in [0.2, 0.25) is 0 Å². The maximum absolute atomic E-state index is 13.9. The van der Waals surface area contributed by atoms with E-state index < -0.39 is 0 Å². The van der Waals surface area contributed by atoms with E-state index in [1.165, 1.54) is 17.7 Å². The number of aromatic nitrogens is 2. The van der Waals surface area contributed by atoms with Crippen LogP contribution >= 0.6 is 12.4 Å². The predicted molar refractivity (Wildman–Crippen MR) is 143 cm³/mol. The Morgan fingerprint density at radius 3 is 2.86 bits per heavy atom. The Kier molecular flexibility index (Phi) is 7.73. The fourth-order valence-corrected chi connectivity index (χ4v) is 5.62.